The lowest BCUT2D eigenvalue weighted by atomic mass is 10.0. The third-order valence-electron chi connectivity index (χ3n) is 5.48. The van der Waals surface area contributed by atoms with E-state index in [2.05, 4.69) is 61.5 Å². The molecule has 3 heteroatoms. The van der Waals surface area contributed by atoms with Crippen LogP contribution in [-0.4, -0.2) is 0 Å². The molecule has 0 amide bonds. The van der Waals surface area contributed by atoms with E-state index in [1.54, 1.807) is 6.07 Å². The molecule has 3 nitrogen and oxygen atoms in total. The van der Waals surface area contributed by atoms with Gasteiger partial charge in [-0.3, -0.25) is 0 Å². The molecule has 146 valence electrons. The van der Waals surface area contributed by atoms with Gasteiger partial charge in [-0.1, -0.05) is 60.7 Å². The molecule has 0 radical (unpaired) electrons. The van der Waals surface area contributed by atoms with Gasteiger partial charge < -0.3 is 9.32 Å². The Morgan fingerprint density at radius 1 is 0.724 bits per heavy atom. The minimum absolute atomic E-state index is 0.283. The van der Waals surface area contributed by atoms with Crippen LogP contribution in [0.1, 0.15) is 27.8 Å². The predicted molar refractivity (Wildman–Crippen MR) is 117 cm³/mol. The fraction of sp³-hybridized carbons (Fsp3) is 0.192. The topological polar surface area (TPSA) is 34.6 Å². The van der Waals surface area contributed by atoms with Gasteiger partial charge in [-0.25, -0.2) is 4.79 Å². The summed E-state index contributed by atoms with van der Waals surface area (Å²) in [6.07, 6.45) is 0. The van der Waals surface area contributed by atoms with E-state index in [1.165, 1.54) is 21.6 Å². The second-order valence-electron chi connectivity index (χ2n) is 7.77. The Balaban J connectivity index is 1.71. The second kappa shape index (κ2) is 8.46. The standard InChI is InChI=1S/C26H25NO2/c1-19-13-24-23(15-26(28)29-25(24)14-20(19)2)18-27(16-21-9-5-3-6-10-21)17-22-11-7-4-8-12-22/h3-15H,16-18H2,1-2H3/p+1. The first-order valence-corrected chi connectivity index (χ1v) is 10.0. The lowest BCUT2D eigenvalue weighted by Crippen LogP contribution is -3.08. The van der Waals surface area contributed by atoms with Crippen molar-refractivity contribution in [3.8, 4) is 0 Å². The van der Waals surface area contributed by atoms with E-state index in [1.807, 2.05) is 25.1 Å². The molecule has 1 N–H and O–H groups in total. The van der Waals surface area contributed by atoms with Crippen LogP contribution in [0.5, 0.6) is 0 Å². The molecule has 0 spiro atoms. The van der Waals surface area contributed by atoms with Crippen LogP contribution in [-0.2, 0) is 19.6 Å². The Bertz CT molecular complexity index is 1120. The van der Waals surface area contributed by atoms with Crippen LogP contribution in [0.4, 0.5) is 0 Å². The summed E-state index contributed by atoms with van der Waals surface area (Å²) in [7, 11) is 0. The van der Waals surface area contributed by atoms with Gasteiger partial charge >= 0.3 is 5.63 Å². The maximum Gasteiger partial charge on any atom is 0.336 e. The minimum atomic E-state index is -0.283. The number of hydrogen-bond acceptors (Lipinski definition) is 2. The normalized spacial score (nSPS) is 11.3. The van der Waals surface area contributed by atoms with E-state index in [0.29, 0.717) is 5.58 Å². The smallest absolute Gasteiger partial charge is 0.336 e. The van der Waals surface area contributed by atoms with Crippen molar-refractivity contribution in [3.05, 3.63) is 117 Å². The highest BCUT2D eigenvalue weighted by molar-refractivity contribution is 5.81. The van der Waals surface area contributed by atoms with Crippen LogP contribution in [0.25, 0.3) is 11.0 Å². The molecule has 0 aliphatic heterocycles. The van der Waals surface area contributed by atoms with Gasteiger partial charge in [-0.15, -0.1) is 0 Å². The molecule has 0 saturated heterocycles. The van der Waals surface area contributed by atoms with Crippen molar-refractivity contribution in [3.63, 3.8) is 0 Å². The molecule has 1 heterocycles. The number of fused-ring (bicyclic) bond motifs is 1. The molecule has 1 aromatic heterocycles. The molecule has 0 aliphatic rings. The summed E-state index contributed by atoms with van der Waals surface area (Å²) in [5, 5.41) is 1.03. The maximum atomic E-state index is 12.2. The molecule has 0 fully saturated rings. The van der Waals surface area contributed by atoms with E-state index in [9.17, 15) is 4.79 Å². The molecule has 3 aromatic carbocycles. The molecule has 0 atom stereocenters. The fourth-order valence-corrected chi connectivity index (χ4v) is 3.86. The summed E-state index contributed by atoms with van der Waals surface area (Å²) in [5.41, 5.74) is 6.36. The van der Waals surface area contributed by atoms with Gasteiger partial charge in [-0.2, -0.15) is 0 Å². The summed E-state index contributed by atoms with van der Waals surface area (Å²) in [5.74, 6) is 0. The van der Waals surface area contributed by atoms with Crippen molar-refractivity contribution in [1.29, 1.82) is 0 Å². The van der Waals surface area contributed by atoms with Crippen molar-refractivity contribution in [2.75, 3.05) is 0 Å². The molecule has 0 saturated carbocycles. The van der Waals surface area contributed by atoms with Gasteiger partial charge in [0.15, 0.2) is 0 Å². The Morgan fingerprint density at radius 3 is 1.86 bits per heavy atom. The zero-order chi connectivity index (χ0) is 20.2. The first kappa shape index (κ1) is 19.2. The van der Waals surface area contributed by atoms with Crippen LogP contribution in [0.15, 0.2) is 88.1 Å². The largest absolute Gasteiger partial charge is 0.423 e. The molecular formula is C26H26NO2+. The third kappa shape index (κ3) is 4.64. The van der Waals surface area contributed by atoms with Gasteiger partial charge in [0.25, 0.3) is 0 Å². The van der Waals surface area contributed by atoms with Gasteiger partial charge in [0, 0.05) is 28.1 Å². The van der Waals surface area contributed by atoms with Gasteiger partial charge in [0.1, 0.15) is 25.2 Å². The number of hydrogen-bond donors (Lipinski definition) is 1. The number of benzene rings is 3. The Kier molecular flexibility index (Phi) is 5.59. The molecular weight excluding hydrogens is 358 g/mol. The molecule has 0 aliphatic carbocycles. The third-order valence-corrected chi connectivity index (χ3v) is 5.48. The van der Waals surface area contributed by atoms with Crippen LogP contribution in [0.2, 0.25) is 0 Å². The maximum absolute atomic E-state index is 12.2. The highest BCUT2D eigenvalue weighted by atomic mass is 16.4. The first-order chi connectivity index (χ1) is 14.1. The molecule has 0 unspecified atom stereocenters. The lowest BCUT2D eigenvalue weighted by molar-refractivity contribution is -0.941. The highest BCUT2D eigenvalue weighted by Gasteiger charge is 2.16. The van der Waals surface area contributed by atoms with E-state index in [4.69, 9.17) is 4.42 Å². The van der Waals surface area contributed by atoms with Gasteiger partial charge in [0.05, 0.1) is 0 Å². The SMILES string of the molecule is Cc1cc2oc(=O)cc(C[NH+](Cc3ccccc3)Cc3ccccc3)c2cc1C. The lowest BCUT2D eigenvalue weighted by Gasteiger charge is -2.21. The first-order valence-electron chi connectivity index (χ1n) is 10.0. The summed E-state index contributed by atoms with van der Waals surface area (Å²) in [6.45, 7) is 6.69. The molecule has 4 aromatic rings. The zero-order valence-electron chi connectivity index (χ0n) is 16.9. The molecule has 29 heavy (non-hydrogen) atoms. The molecule has 4 rings (SSSR count). The quantitative estimate of drug-likeness (QED) is 0.506. The Labute approximate surface area is 171 Å². The van der Waals surface area contributed by atoms with E-state index in [-0.39, 0.29) is 5.63 Å². The molecule has 0 bridgehead atoms. The predicted octanol–water partition coefficient (Wildman–Crippen LogP) is 4.20. The van der Waals surface area contributed by atoms with Crippen molar-refractivity contribution in [2.45, 2.75) is 33.5 Å². The summed E-state index contributed by atoms with van der Waals surface area (Å²) in [6, 6.07) is 26.8. The summed E-state index contributed by atoms with van der Waals surface area (Å²) < 4.78 is 5.49. The van der Waals surface area contributed by atoms with Gasteiger partial charge in [-0.05, 0) is 37.1 Å². The van der Waals surface area contributed by atoms with Crippen LogP contribution in [0.3, 0.4) is 0 Å². The number of quaternary nitrogens is 1. The Morgan fingerprint density at radius 2 is 1.28 bits per heavy atom. The van der Waals surface area contributed by atoms with E-state index < -0.39 is 0 Å². The van der Waals surface area contributed by atoms with Crippen molar-refractivity contribution in [1.82, 2.24) is 0 Å². The average molecular weight is 384 g/mol. The monoisotopic (exact) mass is 384 g/mol. The highest BCUT2D eigenvalue weighted by Crippen LogP contribution is 2.21. The van der Waals surface area contributed by atoms with E-state index >= 15 is 0 Å². The van der Waals surface area contributed by atoms with Crippen molar-refractivity contribution < 1.29 is 9.32 Å². The average Bonchev–Trinajstić information content (AvgIpc) is 2.71. The Hall–Kier alpha value is -3.17. The fourth-order valence-electron chi connectivity index (χ4n) is 3.86. The summed E-state index contributed by atoms with van der Waals surface area (Å²) in [4.78, 5) is 13.6. The van der Waals surface area contributed by atoms with Crippen molar-refractivity contribution in [2.24, 2.45) is 0 Å². The number of aryl methyl sites for hydroxylation is 2. The van der Waals surface area contributed by atoms with Crippen LogP contribution >= 0.6 is 0 Å². The summed E-state index contributed by atoms with van der Waals surface area (Å²) >= 11 is 0. The number of rotatable bonds is 6. The van der Waals surface area contributed by atoms with E-state index in [0.717, 1.165) is 36.1 Å². The number of nitrogens with one attached hydrogen (secondary N) is 1. The minimum Gasteiger partial charge on any atom is -0.423 e. The van der Waals surface area contributed by atoms with Crippen LogP contribution in [0, 0.1) is 13.8 Å². The van der Waals surface area contributed by atoms with Crippen LogP contribution < -0.4 is 10.5 Å². The second-order valence-corrected chi connectivity index (χ2v) is 7.77. The van der Waals surface area contributed by atoms with Gasteiger partial charge in [0.2, 0.25) is 0 Å². The zero-order valence-corrected chi connectivity index (χ0v) is 16.9. The van der Waals surface area contributed by atoms with Crippen molar-refractivity contribution >= 4 is 11.0 Å².